The van der Waals surface area contributed by atoms with Crippen LogP contribution >= 0.6 is 23.2 Å². The number of anilines is 1. The second-order valence-electron chi connectivity index (χ2n) is 9.58. The molecule has 6 rings (SSSR count). The zero-order valence-electron chi connectivity index (χ0n) is 20.5. The van der Waals surface area contributed by atoms with Crippen molar-refractivity contribution in [1.29, 1.82) is 0 Å². The molecular formula is C29H27Cl2N3O3. The van der Waals surface area contributed by atoms with E-state index in [9.17, 15) is 4.79 Å². The minimum atomic E-state index is -0.615. The van der Waals surface area contributed by atoms with Crippen LogP contribution in [0.15, 0.2) is 66.7 Å². The topological polar surface area (TPSA) is 55.7 Å². The van der Waals surface area contributed by atoms with Crippen molar-refractivity contribution < 1.29 is 14.3 Å². The summed E-state index contributed by atoms with van der Waals surface area (Å²) in [6.45, 7) is 2.79. The molecule has 4 aromatic rings. The lowest BCUT2D eigenvalue weighted by Crippen LogP contribution is -2.45. The van der Waals surface area contributed by atoms with Crippen LogP contribution in [0, 0.1) is 0 Å². The molecule has 37 heavy (non-hydrogen) atoms. The summed E-state index contributed by atoms with van der Waals surface area (Å²) in [6.07, 6.45) is 0.625. The molecule has 2 aliphatic heterocycles. The highest BCUT2D eigenvalue weighted by Gasteiger charge is 2.44. The summed E-state index contributed by atoms with van der Waals surface area (Å²) in [5.74, 6) is 0.726. The van der Waals surface area contributed by atoms with Crippen LogP contribution in [0.3, 0.4) is 0 Å². The Bertz CT molecular complexity index is 1500. The van der Waals surface area contributed by atoms with Crippen LogP contribution in [-0.4, -0.2) is 55.3 Å². The van der Waals surface area contributed by atoms with Gasteiger partial charge in [0.1, 0.15) is 11.4 Å². The molecule has 1 saturated heterocycles. The molecule has 0 saturated carbocycles. The second kappa shape index (κ2) is 9.60. The number of aromatic nitrogens is 1. The van der Waals surface area contributed by atoms with Crippen LogP contribution in [0.25, 0.3) is 10.9 Å². The fourth-order valence-electron chi connectivity index (χ4n) is 5.68. The summed E-state index contributed by atoms with van der Waals surface area (Å²) in [5, 5.41) is 5.90. The van der Waals surface area contributed by atoms with Crippen molar-refractivity contribution in [3.8, 4) is 5.75 Å². The zero-order chi connectivity index (χ0) is 25.6. The van der Waals surface area contributed by atoms with Crippen molar-refractivity contribution in [2.75, 3.05) is 45.3 Å². The first-order valence-corrected chi connectivity index (χ1v) is 13.1. The lowest BCUT2D eigenvalue weighted by molar-refractivity contribution is 0.0293. The average Bonchev–Trinajstić information content (AvgIpc) is 3.47. The number of nitrogens with zero attached hydrogens (tertiary/aromatic N) is 2. The number of nitrogens with one attached hydrogen (secondary N) is 1. The lowest BCUT2D eigenvalue weighted by atomic mass is 9.84. The summed E-state index contributed by atoms with van der Waals surface area (Å²) in [4.78, 5) is 16.0. The Labute approximate surface area is 225 Å². The number of hydrogen-bond donors (Lipinski definition) is 1. The molecule has 6 nitrogen and oxygen atoms in total. The largest absolute Gasteiger partial charge is 0.497 e. The number of fused-ring (bicyclic) bond motifs is 2. The third-order valence-electron chi connectivity index (χ3n) is 7.40. The molecule has 0 spiro atoms. The molecule has 1 aromatic heterocycles. The number of halogens is 2. The van der Waals surface area contributed by atoms with Crippen molar-refractivity contribution in [1.82, 2.24) is 9.47 Å². The Morgan fingerprint density at radius 1 is 1.03 bits per heavy atom. The summed E-state index contributed by atoms with van der Waals surface area (Å²) >= 11 is 12.8. The van der Waals surface area contributed by atoms with E-state index < -0.39 is 5.54 Å². The number of methoxy groups -OCH3 is 1. The van der Waals surface area contributed by atoms with Crippen molar-refractivity contribution in [2.45, 2.75) is 12.0 Å². The molecule has 1 N–H and O–H groups in total. The normalized spacial score (nSPS) is 19.1. The van der Waals surface area contributed by atoms with Crippen LogP contribution in [0.2, 0.25) is 10.0 Å². The Balaban J connectivity index is 1.62. The standard InChI is InChI=1S/C29H27Cl2N3O3/c1-36-23-7-5-20-14-27(28(35)33-9-11-37-12-10-33)34(26(20)16-23)29(17-19-3-2-4-21(30)13-19)18-32-25-15-22(31)6-8-24(25)29/h2-8,13-16,32H,9-12,17-18H2,1H3. The van der Waals surface area contributed by atoms with E-state index in [1.165, 1.54) is 0 Å². The van der Waals surface area contributed by atoms with Gasteiger partial charge in [0.05, 0.1) is 31.4 Å². The quantitative estimate of drug-likeness (QED) is 0.348. The highest BCUT2D eigenvalue weighted by molar-refractivity contribution is 6.31. The van der Waals surface area contributed by atoms with Crippen LogP contribution in [0.5, 0.6) is 5.75 Å². The van der Waals surface area contributed by atoms with Gasteiger partial charge >= 0.3 is 0 Å². The van der Waals surface area contributed by atoms with Crippen molar-refractivity contribution in [2.24, 2.45) is 0 Å². The molecule has 3 heterocycles. The molecule has 0 bridgehead atoms. The Hall–Kier alpha value is -3.19. The first kappa shape index (κ1) is 24.2. The fraction of sp³-hybridized carbons (Fsp3) is 0.276. The van der Waals surface area contributed by atoms with E-state index in [2.05, 4.69) is 22.0 Å². The molecule has 1 fully saturated rings. The van der Waals surface area contributed by atoms with Gasteiger partial charge in [-0.1, -0.05) is 41.4 Å². The minimum absolute atomic E-state index is 0.00801. The van der Waals surface area contributed by atoms with E-state index in [-0.39, 0.29) is 5.91 Å². The van der Waals surface area contributed by atoms with Crippen LogP contribution in [0.4, 0.5) is 5.69 Å². The number of carbonyl (C=O) groups excluding carboxylic acids is 1. The van der Waals surface area contributed by atoms with E-state index in [1.54, 1.807) is 7.11 Å². The summed E-state index contributed by atoms with van der Waals surface area (Å²) in [6, 6.07) is 21.8. The number of rotatable bonds is 5. The number of carbonyl (C=O) groups is 1. The maximum absolute atomic E-state index is 14.1. The third-order valence-corrected chi connectivity index (χ3v) is 7.87. The van der Waals surface area contributed by atoms with Crippen LogP contribution in [-0.2, 0) is 16.7 Å². The van der Waals surface area contributed by atoms with E-state index in [1.807, 2.05) is 59.5 Å². The van der Waals surface area contributed by atoms with E-state index in [0.717, 1.165) is 33.5 Å². The zero-order valence-corrected chi connectivity index (χ0v) is 22.0. The maximum Gasteiger partial charge on any atom is 0.270 e. The summed E-state index contributed by atoms with van der Waals surface area (Å²) < 4.78 is 13.3. The van der Waals surface area contributed by atoms with E-state index in [4.69, 9.17) is 32.7 Å². The molecular weight excluding hydrogens is 509 g/mol. The van der Waals surface area contributed by atoms with E-state index in [0.29, 0.717) is 55.0 Å². The van der Waals surface area contributed by atoms with Gasteiger partial charge in [-0.25, -0.2) is 0 Å². The highest BCUT2D eigenvalue weighted by atomic mass is 35.5. The Kier molecular flexibility index (Phi) is 6.27. The average molecular weight is 536 g/mol. The number of benzene rings is 3. The Morgan fingerprint density at radius 3 is 2.62 bits per heavy atom. The molecule has 1 atom stereocenters. The van der Waals surface area contributed by atoms with Gasteiger partial charge in [0, 0.05) is 58.8 Å². The van der Waals surface area contributed by atoms with Gasteiger partial charge in [0.2, 0.25) is 0 Å². The fourth-order valence-corrected chi connectivity index (χ4v) is 6.07. The molecule has 2 aliphatic rings. The van der Waals surface area contributed by atoms with Crippen LogP contribution < -0.4 is 10.1 Å². The minimum Gasteiger partial charge on any atom is -0.497 e. The predicted molar refractivity (Wildman–Crippen MR) is 147 cm³/mol. The molecule has 0 radical (unpaired) electrons. The number of morpholine rings is 1. The van der Waals surface area contributed by atoms with Gasteiger partial charge < -0.3 is 24.3 Å². The molecule has 1 amide bonds. The highest BCUT2D eigenvalue weighted by Crippen LogP contribution is 2.45. The Morgan fingerprint density at radius 2 is 1.84 bits per heavy atom. The van der Waals surface area contributed by atoms with Crippen molar-refractivity contribution >= 4 is 45.7 Å². The number of amides is 1. The van der Waals surface area contributed by atoms with Gasteiger partial charge in [-0.2, -0.15) is 0 Å². The second-order valence-corrected chi connectivity index (χ2v) is 10.4. The molecule has 8 heteroatoms. The smallest absolute Gasteiger partial charge is 0.270 e. The first-order valence-electron chi connectivity index (χ1n) is 12.3. The number of hydrogen-bond acceptors (Lipinski definition) is 4. The predicted octanol–water partition coefficient (Wildman–Crippen LogP) is 5.84. The lowest BCUT2D eigenvalue weighted by Gasteiger charge is -2.36. The molecule has 0 aliphatic carbocycles. The summed E-state index contributed by atoms with van der Waals surface area (Å²) in [5.41, 5.74) is 4.07. The SMILES string of the molecule is COc1ccc2cc(C(=O)N3CCOCC3)n(C3(Cc4cccc(Cl)c4)CNc4cc(Cl)ccc43)c2c1. The van der Waals surface area contributed by atoms with Gasteiger partial charge in [-0.05, 0) is 48.0 Å². The van der Waals surface area contributed by atoms with Crippen molar-refractivity contribution in [3.63, 3.8) is 0 Å². The van der Waals surface area contributed by atoms with Crippen LogP contribution in [0.1, 0.15) is 21.6 Å². The monoisotopic (exact) mass is 535 g/mol. The van der Waals surface area contributed by atoms with Gasteiger partial charge in [0.25, 0.3) is 5.91 Å². The third kappa shape index (κ3) is 4.23. The molecule has 1 unspecified atom stereocenters. The van der Waals surface area contributed by atoms with Gasteiger partial charge in [0.15, 0.2) is 0 Å². The maximum atomic E-state index is 14.1. The van der Waals surface area contributed by atoms with Gasteiger partial charge in [-0.15, -0.1) is 0 Å². The van der Waals surface area contributed by atoms with Gasteiger partial charge in [-0.3, -0.25) is 4.79 Å². The van der Waals surface area contributed by atoms with Crippen molar-refractivity contribution in [3.05, 3.63) is 93.6 Å². The summed E-state index contributed by atoms with van der Waals surface area (Å²) in [7, 11) is 1.66. The van der Waals surface area contributed by atoms with E-state index >= 15 is 0 Å². The number of ether oxygens (including phenoxy) is 2. The molecule has 3 aromatic carbocycles. The first-order chi connectivity index (χ1) is 18.0. The molecule has 190 valence electrons.